The topological polar surface area (TPSA) is 21.7 Å². The fraction of sp³-hybridized carbons (Fsp3) is 0.350. The Morgan fingerprint density at radius 3 is 2.58 bits per heavy atom. The highest BCUT2D eigenvalue weighted by molar-refractivity contribution is 9.10. The molecule has 0 spiro atoms. The summed E-state index contributed by atoms with van der Waals surface area (Å²) in [7, 11) is 1.64. The van der Waals surface area contributed by atoms with Crippen LogP contribution in [-0.4, -0.2) is 30.1 Å². The quantitative estimate of drug-likeness (QED) is 0.528. The standard InChI is InChI=1S/C20H21BrClNO2S/c1-24-18-11-15(20(26)23-9-5-2-6-10-23)16(21)12-19(18)25-13-14-7-3-4-8-17(14)22/h3-4,7-8,11-12H,2,5-6,9-10,13H2,1H3. The van der Waals surface area contributed by atoms with Crippen LogP contribution in [0.3, 0.4) is 0 Å². The van der Waals surface area contributed by atoms with E-state index < -0.39 is 0 Å². The minimum atomic E-state index is 0.373. The predicted molar refractivity (Wildman–Crippen MR) is 114 cm³/mol. The fourth-order valence-electron chi connectivity index (χ4n) is 3.01. The first-order valence-electron chi connectivity index (χ1n) is 8.63. The molecule has 26 heavy (non-hydrogen) atoms. The van der Waals surface area contributed by atoms with Gasteiger partial charge in [0, 0.05) is 33.7 Å². The van der Waals surface area contributed by atoms with Crippen molar-refractivity contribution in [3.63, 3.8) is 0 Å². The highest BCUT2D eigenvalue weighted by atomic mass is 79.9. The molecule has 3 rings (SSSR count). The van der Waals surface area contributed by atoms with E-state index in [0.717, 1.165) is 33.7 Å². The normalized spacial score (nSPS) is 14.2. The molecule has 0 bridgehead atoms. The summed E-state index contributed by atoms with van der Waals surface area (Å²) in [6.07, 6.45) is 3.65. The van der Waals surface area contributed by atoms with E-state index in [9.17, 15) is 0 Å². The molecule has 6 heteroatoms. The molecular weight excluding hydrogens is 434 g/mol. The van der Waals surface area contributed by atoms with Crippen LogP contribution in [0.2, 0.25) is 5.02 Å². The number of hydrogen-bond acceptors (Lipinski definition) is 3. The lowest BCUT2D eigenvalue weighted by Gasteiger charge is -2.29. The Morgan fingerprint density at radius 1 is 1.15 bits per heavy atom. The predicted octanol–water partition coefficient (Wildman–Crippen LogP) is 5.85. The van der Waals surface area contributed by atoms with Crippen LogP contribution in [0.5, 0.6) is 11.5 Å². The molecule has 0 unspecified atom stereocenters. The minimum absolute atomic E-state index is 0.373. The van der Waals surface area contributed by atoms with Gasteiger partial charge in [-0.3, -0.25) is 0 Å². The van der Waals surface area contributed by atoms with E-state index in [1.54, 1.807) is 7.11 Å². The molecule has 2 aromatic carbocycles. The summed E-state index contributed by atoms with van der Waals surface area (Å²) >= 11 is 15.6. The molecular formula is C20H21BrClNO2S. The minimum Gasteiger partial charge on any atom is -0.493 e. The second-order valence-corrected chi connectivity index (χ2v) is 7.86. The number of likely N-dealkylation sites (tertiary alicyclic amines) is 1. The van der Waals surface area contributed by atoms with Gasteiger partial charge in [0.2, 0.25) is 0 Å². The van der Waals surface area contributed by atoms with E-state index >= 15 is 0 Å². The second kappa shape index (κ2) is 9.07. The molecule has 3 nitrogen and oxygen atoms in total. The van der Waals surface area contributed by atoms with E-state index in [1.165, 1.54) is 19.3 Å². The summed E-state index contributed by atoms with van der Waals surface area (Å²) in [5.74, 6) is 1.32. The molecule has 1 saturated heterocycles. The van der Waals surface area contributed by atoms with Gasteiger partial charge in [-0.2, -0.15) is 0 Å². The fourth-order valence-corrected chi connectivity index (χ4v) is 4.19. The van der Waals surface area contributed by atoms with E-state index in [2.05, 4.69) is 20.8 Å². The Balaban J connectivity index is 1.80. The van der Waals surface area contributed by atoms with Crippen LogP contribution in [0.1, 0.15) is 30.4 Å². The summed E-state index contributed by atoms with van der Waals surface area (Å²) < 4.78 is 12.4. The molecule has 1 fully saturated rings. The number of methoxy groups -OCH3 is 1. The Hall–Kier alpha value is -1.30. The van der Waals surface area contributed by atoms with Crippen molar-refractivity contribution in [1.29, 1.82) is 0 Å². The first-order chi connectivity index (χ1) is 12.6. The van der Waals surface area contributed by atoms with Gasteiger partial charge in [-0.15, -0.1) is 0 Å². The molecule has 1 heterocycles. The van der Waals surface area contributed by atoms with Gasteiger partial charge in [0.05, 0.1) is 7.11 Å². The molecule has 0 radical (unpaired) electrons. The lowest BCUT2D eigenvalue weighted by molar-refractivity contribution is 0.284. The number of halogens is 2. The SMILES string of the molecule is COc1cc(C(=S)N2CCCCC2)c(Br)cc1OCc1ccccc1Cl. The van der Waals surface area contributed by atoms with E-state index in [0.29, 0.717) is 23.1 Å². The zero-order valence-corrected chi connectivity index (χ0v) is 17.8. The van der Waals surface area contributed by atoms with Gasteiger partial charge in [-0.1, -0.05) is 42.0 Å². The van der Waals surface area contributed by atoms with Gasteiger partial charge in [-0.05, 0) is 53.4 Å². The maximum Gasteiger partial charge on any atom is 0.162 e. The molecule has 0 saturated carbocycles. The highest BCUT2D eigenvalue weighted by Gasteiger charge is 2.19. The van der Waals surface area contributed by atoms with Crippen LogP contribution in [0.25, 0.3) is 0 Å². The summed E-state index contributed by atoms with van der Waals surface area (Å²) in [6, 6.07) is 11.5. The van der Waals surface area contributed by atoms with Crippen LogP contribution in [0, 0.1) is 0 Å². The number of nitrogens with zero attached hydrogens (tertiary/aromatic N) is 1. The number of ether oxygens (including phenoxy) is 2. The van der Waals surface area contributed by atoms with E-state index in [4.69, 9.17) is 33.3 Å². The van der Waals surface area contributed by atoms with Crippen LogP contribution in [0.15, 0.2) is 40.9 Å². The van der Waals surface area contributed by atoms with Crippen molar-refractivity contribution >= 4 is 44.7 Å². The molecule has 2 aromatic rings. The van der Waals surface area contributed by atoms with Gasteiger partial charge in [0.1, 0.15) is 11.6 Å². The molecule has 138 valence electrons. The number of rotatable bonds is 5. The number of benzene rings is 2. The Labute approximate surface area is 173 Å². The van der Waals surface area contributed by atoms with Crippen LogP contribution >= 0.6 is 39.7 Å². The van der Waals surface area contributed by atoms with Crippen LogP contribution < -0.4 is 9.47 Å². The van der Waals surface area contributed by atoms with Crippen LogP contribution in [0.4, 0.5) is 0 Å². The molecule has 1 aliphatic rings. The maximum absolute atomic E-state index is 6.21. The largest absolute Gasteiger partial charge is 0.493 e. The van der Waals surface area contributed by atoms with Gasteiger partial charge in [-0.25, -0.2) is 0 Å². The average molecular weight is 455 g/mol. The Morgan fingerprint density at radius 2 is 1.88 bits per heavy atom. The molecule has 0 aliphatic carbocycles. The molecule has 0 aromatic heterocycles. The second-order valence-electron chi connectivity index (χ2n) is 6.22. The third-order valence-electron chi connectivity index (χ3n) is 4.47. The van der Waals surface area contributed by atoms with Crippen molar-refractivity contribution in [2.75, 3.05) is 20.2 Å². The molecule has 1 aliphatic heterocycles. The Bertz CT molecular complexity index is 793. The maximum atomic E-state index is 6.21. The van der Waals surface area contributed by atoms with Crippen molar-refractivity contribution in [2.24, 2.45) is 0 Å². The lowest BCUT2D eigenvalue weighted by atomic mass is 10.1. The van der Waals surface area contributed by atoms with Crippen molar-refractivity contribution in [3.8, 4) is 11.5 Å². The molecule has 0 amide bonds. The van der Waals surface area contributed by atoms with Crippen LogP contribution in [-0.2, 0) is 6.61 Å². The average Bonchev–Trinajstić information content (AvgIpc) is 2.67. The summed E-state index contributed by atoms with van der Waals surface area (Å²) in [5, 5.41) is 0.688. The lowest BCUT2D eigenvalue weighted by Crippen LogP contribution is -2.35. The third kappa shape index (κ3) is 4.51. The Kier molecular flexibility index (Phi) is 6.79. The van der Waals surface area contributed by atoms with Crippen molar-refractivity contribution in [3.05, 3.63) is 57.0 Å². The zero-order valence-electron chi connectivity index (χ0n) is 14.6. The first-order valence-corrected chi connectivity index (χ1v) is 10.2. The molecule has 0 atom stereocenters. The third-order valence-corrected chi connectivity index (χ3v) is 5.97. The number of piperidine rings is 1. The summed E-state index contributed by atoms with van der Waals surface area (Å²) in [6.45, 7) is 2.40. The zero-order chi connectivity index (χ0) is 18.5. The van der Waals surface area contributed by atoms with Gasteiger partial charge < -0.3 is 14.4 Å². The van der Waals surface area contributed by atoms with Crippen molar-refractivity contribution in [1.82, 2.24) is 4.90 Å². The summed E-state index contributed by atoms with van der Waals surface area (Å²) in [5.41, 5.74) is 1.89. The number of thiocarbonyl (C=S) groups is 1. The van der Waals surface area contributed by atoms with Crippen molar-refractivity contribution < 1.29 is 9.47 Å². The smallest absolute Gasteiger partial charge is 0.162 e. The van der Waals surface area contributed by atoms with E-state index in [-0.39, 0.29) is 0 Å². The van der Waals surface area contributed by atoms with Gasteiger partial charge in [0.25, 0.3) is 0 Å². The first kappa shape index (κ1) is 19.5. The monoisotopic (exact) mass is 453 g/mol. The van der Waals surface area contributed by atoms with E-state index in [1.807, 2.05) is 36.4 Å². The van der Waals surface area contributed by atoms with Crippen molar-refractivity contribution in [2.45, 2.75) is 25.9 Å². The highest BCUT2D eigenvalue weighted by Crippen LogP contribution is 2.35. The van der Waals surface area contributed by atoms with Gasteiger partial charge in [0.15, 0.2) is 11.5 Å². The van der Waals surface area contributed by atoms with Gasteiger partial charge >= 0.3 is 0 Å². The summed E-state index contributed by atoms with van der Waals surface area (Å²) in [4.78, 5) is 3.12. The molecule has 0 N–H and O–H groups in total. The number of hydrogen-bond donors (Lipinski definition) is 0.